The number of hydrogen-bond acceptors (Lipinski definition) is 3. The van der Waals surface area contributed by atoms with Crippen LogP contribution < -0.4 is 4.74 Å². The van der Waals surface area contributed by atoms with Crippen LogP contribution in [0.5, 0.6) is 5.75 Å². The monoisotopic (exact) mass is 255 g/mol. The molecule has 1 aliphatic rings. The lowest BCUT2D eigenvalue weighted by atomic mass is 10.1. The summed E-state index contributed by atoms with van der Waals surface area (Å²) in [7, 11) is 0. The highest BCUT2D eigenvalue weighted by Crippen LogP contribution is 2.33. The van der Waals surface area contributed by atoms with Crippen molar-refractivity contribution < 1.29 is 9.84 Å². The summed E-state index contributed by atoms with van der Waals surface area (Å²) < 4.78 is 5.79. The van der Waals surface area contributed by atoms with E-state index in [-0.39, 0.29) is 6.10 Å². The molecule has 1 unspecified atom stereocenters. The minimum Gasteiger partial charge on any atom is -0.489 e. The maximum atomic E-state index is 9.76. The molecule has 1 N–H and O–H groups in total. The molecule has 19 heavy (non-hydrogen) atoms. The SMILES string of the molecule is Cc1cncc(COc2ccc3c(c2)CCC3O)c1. The van der Waals surface area contributed by atoms with Crippen LogP contribution in [0.4, 0.5) is 0 Å². The fraction of sp³-hybridized carbons (Fsp3) is 0.312. The van der Waals surface area contributed by atoms with E-state index >= 15 is 0 Å². The first-order chi connectivity index (χ1) is 9.22. The Morgan fingerprint density at radius 3 is 3.05 bits per heavy atom. The zero-order valence-electron chi connectivity index (χ0n) is 11.0. The van der Waals surface area contributed by atoms with Gasteiger partial charge in [0.25, 0.3) is 0 Å². The van der Waals surface area contributed by atoms with Gasteiger partial charge >= 0.3 is 0 Å². The number of aromatic nitrogens is 1. The smallest absolute Gasteiger partial charge is 0.120 e. The molecule has 1 aromatic heterocycles. The number of pyridine rings is 1. The predicted molar refractivity (Wildman–Crippen MR) is 73.0 cm³/mol. The standard InChI is InChI=1S/C16H17NO2/c1-11-6-12(9-17-8-11)10-19-14-3-4-15-13(7-14)2-5-16(15)18/h3-4,6-9,16,18H,2,5,10H2,1H3. The number of rotatable bonds is 3. The third-order valence-electron chi connectivity index (χ3n) is 3.50. The van der Waals surface area contributed by atoms with Gasteiger partial charge in [-0.3, -0.25) is 4.98 Å². The molecule has 0 aliphatic heterocycles. The zero-order chi connectivity index (χ0) is 13.2. The molecular weight excluding hydrogens is 238 g/mol. The summed E-state index contributed by atoms with van der Waals surface area (Å²) in [6, 6.07) is 8.01. The first-order valence-corrected chi connectivity index (χ1v) is 6.56. The van der Waals surface area contributed by atoms with Crippen molar-refractivity contribution in [2.45, 2.75) is 32.5 Å². The van der Waals surface area contributed by atoms with E-state index in [1.165, 1.54) is 5.56 Å². The Bertz CT molecular complexity index is 595. The van der Waals surface area contributed by atoms with Gasteiger partial charge < -0.3 is 9.84 Å². The minimum atomic E-state index is -0.301. The number of benzene rings is 1. The molecule has 3 rings (SSSR count). The van der Waals surface area contributed by atoms with Crippen molar-refractivity contribution in [1.82, 2.24) is 4.98 Å². The molecule has 0 saturated carbocycles. The number of ether oxygens (including phenoxy) is 1. The summed E-state index contributed by atoms with van der Waals surface area (Å²) in [5.74, 6) is 0.856. The van der Waals surface area contributed by atoms with Gasteiger partial charge in [0.1, 0.15) is 12.4 Å². The summed E-state index contributed by atoms with van der Waals surface area (Å²) in [5.41, 5.74) is 4.45. The lowest BCUT2D eigenvalue weighted by Crippen LogP contribution is -1.97. The van der Waals surface area contributed by atoms with E-state index in [1.807, 2.05) is 37.5 Å². The minimum absolute atomic E-state index is 0.301. The predicted octanol–water partition coefficient (Wildman–Crippen LogP) is 2.95. The molecule has 0 bridgehead atoms. The Balaban J connectivity index is 1.71. The second-order valence-corrected chi connectivity index (χ2v) is 5.07. The fourth-order valence-electron chi connectivity index (χ4n) is 2.52. The van der Waals surface area contributed by atoms with E-state index in [1.54, 1.807) is 0 Å². The van der Waals surface area contributed by atoms with E-state index in [0.29, 0.717) is 6.61 Å². The van der Waals surface area contributed by atoms with Crippen molar-refractivity contribution in [3.8, 4) is 5.75 Å². The quantitative estimate of drug-likeness (QED) is 0.917. The number of aliphatic hydroxyl groups excluding tert-OH is 1. The number of aliphatic hydroxyl groups is 1. The van der Waals surface area contributed by atoms with Crippen LogP contribution >= 0.6 is 0 Å². The van der Waals surface area contributed by atoms with Gasteiger partial charge in [0.05, 0.1) is 6.10 Å². The molecule has 1 aromatic carbocycles. The van der Waals surface area contributed by atoms with Crippen LogP contribution in [-0.2, 0) is 13.0 Å². The number of hydrogen-bond donors (Lipinski definition) is 1. The summed E-state index contributed by atoms with van der Waals surface area (Å²) >= 11 is 0. The van der Waals surface area contributed by atoms with Gasteiger partial charge in [0.15, 0.2) is 0 Å². The third kappa shape index (κ3) is 2.61. The highest BCUT2D eigenvalue weighted by atomic mass is 16.5. The average Bonchev–Trinajstić information content (AvgIpc) is 2.78. The lowest BCUT2D eigenvalue weighted by molar-refractivity contribution is 0.180. The maximum absolute atomic E-state index is 9.76. The molecular formula is C16H17NO2. The van der Waals surface area contributed by atoms with Gasteiger partial charge in [-0.1, -0.05) is 6.07 Å². The van der Waals surface area contributed by atoms with Crippen LogP contribution in [-0.4, -0.2) is 10.1 Å². The molecule has 0 amide bonds. The van der Waals surface area contributed by atoms with E-state index in [2.05, 4.69) is 11.1 Å². The van der Waals surface area contributed by atoms with Gasteiger partial charge in [-0.05, 0) is 54.7 Å². The average molecular weight is 255 g/mol. The lowest BCUT2D eigenvalue weighted by Gasteiger charge is -2.09. The second kappa shape index (κ2) is 5.02. The van der Waals surface area contributed by atoms with Crippen LogP contribution in [0.3, 0.4) is 0 Å². The van der Waals surface area contributed by atoms with Crippen molar-refractivity contribution in [2.24, 2.45) is 0 Å². The summed E-state index contributed by atoms with van der Waals surface area (Å²) in [5, 5.41) is 9.76. The fourth-order valence-corrected chi connectivity index (χ4v) is 2.52. The molecule has 98 valence electrons. The molecule has 3 nitrogen and oxygen atoms in total. The first-order valence-electron chi connectivity index (χ1n) is 6.56. The normalized spacial score (nSPS) is 17.3. The van der Waals surface area contributed by atoms with Crippen LogP contribution in [0, 0.1) is 6.92 Å². The van der Waals surface area contributed by atoms with E-state index < -0.39 is 0 Å². The molecule has 0 radical (unpaired) electrons. The van der Waals surface area contributed by atoms with Crippen molar-refractivity contribution >= 4 is 0 Å². The molecule has 1 aliphatic carbocycles. The van der Waals surface area contributed by atoms with E-state index in [4.69, 9.17) is 4.74 Å². The molecule has 1 atom stereocenters. The molecule has 0 spiro atoms. The third-order valence-corrected chi connectivity index (χ3v) is 3.50. The Kier molecular flexibility index (Phi) is 3.22. The zero-order valence-corrected chi connectivity index (χ0v) is 11.0. The van der Waals surface area contributed by atoms with Crippen LogP contribution in [0.25, 0.3) is 0 Å². The second-order valence-electron chi connectivity index (χ2n) is 5.07. The number of nitrogens with zero attached hydrogens (tertiary/aromatic N) is 1. The Labute approximate surface area is 112 Å². The highest BCUT2D eigenvalue weighted by Gasteiger charge is 2.20. The Hall–Kier alpha value is -1.87. The van der Waals surface area contributed by atoms with Crippen LogP contribution in [0.1, 0.15) is 34.8 Å². The summed E-state index contributed by atoms with van der Waals surface area (Å²) in [4.78, 5) is 4.15. The number of fused-ring (bicyclic) bond motifs is 1. The van der Waals surface area contributed by atoms with Gasteiger partial charge in [0.2, 0.25) is 0 Å². The maximum Gasteiger partial charge on any atom is 0.120 e. The molecule has 2 aromatic rings. The van der Waals surface area contributed by atoms with Crippen molar-refractivity contribution in [1.29, 1.82) is 0 Å². The molecule has 3 heteroatoms. The Morgan fingerprint density at radius 2 is 2.21 bits per heavy atom. The largest absolute Gasteiger partial charge is 0.489 e. The first kappa shape index (κ1) is 12.2. The van der Waals surface area contributed by atoms with E-state index in [9.17, 15) is 5.11 Å². The van der Waals surface area contributed by atoms with Crippen molar-refractivity contribution in [2.75, 3.05) is 0 Å². The molecule has 0 fully saturated rings. The number of aryl methyl sites for hydroxylation is 2. The molecule has 0 saturated heterocycles. The molecule has 1 heterocycles. The van der Waals surface area contributed by atoms with Gasteiger partial charge in [-0.15, -0.1) is 0 Å². The van der Waals surface area contributed by atoms with Gasteiger partial charge in [-0.25, -0.2) is 0 Å². The van der Waals surface area contributed by atoms with Gasteiger partial charge in [-0.2, -0.15) is 0 Å². The van der Waals surface area contributed by atoms with E-state index in [0.717, 1.165) is 35.3 Å². The highest BCUT2D eigenvalue weighted by molar-refractivity contribution is 5.39. The van der Waals surface area contributed by atoms with Crippen LogP contribution in [0.15, 0.2) is 36.7 Å². The van der Waals surface area contributed by atoms with Crippen molar-refractivity contribution in [3.05, 3.63) is 58.9 Å². The van der Waals surface area contributed by atoms with Crippen LogP contribution in [0.2, 0.25) is 0 Å². The Morgan fingerprint density at radius 1 is 1.32 bits per heavy atom. The topological polar surface area (TPSA) is 42.4 Å². The van der Waals surface area contributed by atoms with Gasteiger partial charge in [0, 0.05) is 18.0 Å². The summed E-state index contributed by atoms with van der Waals surface area (Å²) in [6.45, 7) is 2.54. The van der Waals surface area contributed by atoms with Crippen molar-refractivity contribution in [3.63, 3.8) is 0 Å². The summed E-state index contributed by atoms with van der Waals surface area (Å²) in [6.07, 6.45) is 5.11.